The van der Waals surface area contributed by atoms with Gasteiger partial charge in [-0.2, -0.15) is 0 Å². The Morgan fingerprint density at radius 3 is 2.62 bits per heavy atom. The first kappa shape index (κ1) is 10.1. The Labute approximate surface area is 77.7 Å². The van der Waals surface area contributed by atoms with Gasteiger partial charge in [0.15, 0.2) is 0 Å². The van der Waals surface area contributed by atoms with Gasteiger partial charge in [0.05, 0.1) is 0 Å². The maximum atomic E-state index is 12.8. The minimum absolute atomic E-state index is 0.136. The molecule has 0 fully saturated rings. The topological polar surface area (TPSA) is 46.2 Å². The summed E-state index contributed by atoms with van der Waals surface area (Å²) >= 11 is 0. The minimum Gasteiger partial charge on any atom is -0.216 e. The molecule has 1 N–H and O–H groups in total. The lowest BCUT2D eigenvalue weighted by atomic mass is 10.1. The second-order valence-electron chi connectivity index (χ2n) is 2.73. The van der Waals surface area contributed by atoms with E-state index in [0.29, 0.717) is 5.56 Å². The Bertz CT molecular complexity index is 348. The largest absolute Gasteiger partial charge is 0.216 e. The molecule has 5 heteroatoms. The molecule has 1 aromatic carbocycles. The highest BCUT2D eigenvalue weighted by Gasteiger charge is 1.97. The van der Waals surface area contributed by atoms with E-state index >= 15 is 0 Å². The number of hydrogen-bond acceptors (Lipinski definition) is 2. The zero-order chi connectivity index (χ0) is 9.84. The lowest BCUT2D eigenvalue weighted by molar-refractivity contribution is 0.599. The van der Waals surface area contributed by atoms with Crippen molar-refractivity contribution in [3.8, 4) is 0 Å². The van der Waals surface area contributed by atoms with Crippen LogP contribution in [-0.2, 0) is 17.4 Å². The van der Waals surface area contributed by atoms with Gasteiger partial charge in [-0.1, -0.05) is 6.07 Å². The summed E-state index contributed by atoms with van der Waals surface area (Å²) < 4.78 is 35.3. The normalized spacial score (nSPS) is 10.7. The van der Waals surface area contributed by atoms with Crippen LogP contribution in [0.5, 0.6) is 0 Å². The first-order valence-electron chi connectivity index (χ1n) is 3.72. The van der Waals surface area contributed by atoms with E-state index in [1.165, 1.54) is 12.1 Å². The molecule has 3 nitrogen and oxygen atoms in total. The fourth-order valence-corrected chi connectivity index (χ4v) is 1.38. The zero-order valence-electron chi connectivity index (χ0n) is 7.08. The van der Waals surface area contributed by atoms with Gasteiger partial charge < -0.3 is 0 Å². The van der Waals surface area contributed by atoms with E-state index < -0.39 is 10.9 Å². The maximum Gasteiger partial charge on any atom is 0.201 e. The summed E-state index contributed by atoms with van der Waals surface area (Å²) in [4.78, 5) is 0. The molecule has 0 amide bonds. The first-order chi connectivity index (χ1) is 6.08. The van der Waals surface area contributed by atoms with Crippen LogP contribution in [0.3, 0.4) is 0 Å². The molecule has 13 heavy (non-hydrogen) atoms. The molecule has 0 saturated carbocycles. The molecular formula is C8H10FNO2S. The molecule has 1 aromatic rings. The van der Waals surface area contributed by atoms with Crippen LogP contribution in [0.25, 0.3) is 0 Å². The summed E-state index contributed by atoms with van der Waals surface area (Å²) in [6.07, 6.45) is 0. The van der Waals surface area contributed by atoms with Crippen LogP contribution in [0.15, 0.2) is 18.2 Å². The van der Waals surface area contributed by atoms with Crippen LogP contribution < -0.4 is 4.72 Å². The smallest absolute Gasteiger partial charge is 0.201 e. The van der Waals surface area contributed by atoms with Crippen LogP contribution in [0.2, 0.25) is 0 Å². The average Bonchev–Trinajstić information content (AvgIpc) is 1.99. The van der Waals surface area contributed by atoms with Crippen molar-refractivity contribution in [2.75, 3.05) is 0 Å². The van der Waals surface area contributed by atoms with Crippen molar-refractivity contribution in [2.45, 2.75) is 13.5 Å². The summed E-state index contributed by atoms with van der Waals surface area (Å²) in [6.45, 7) is 1.89. The van der Waals surface area contributed by atoms with Gasteiger partial charge in [0.2, 0.25) is 10.9 Å². The summed E-state index contributed by atoms with van der Waals surface area (Å²) in [7, 11) is -2.62. The standard InChI is InChI=1S/C8H10FNO2S/c1-6-2-7(4-8(9)3-6)5-10-13(11)12/h2-4,13H,5H2,1H3,(H,10,11,12). The molecule has 0 spiro atoms. The molecule has 1 rings (SSSR count). The lowest BCUT2D eigenvalue weighted by Crippen LogP contribution is -2.10. The van der Waals surface area contributed by atoms with Crippen LogP contribution >= 0.6 is 0 Å². The van der Waals surface area contributed by atoms with Crippen LogP contribution in [0.4, 0.5) is 4.39 Å². The third-order valence-electron chi connectivity index (χ3n) is 1.51. The highest BCUT2D eigenvalue weighted by Crippen LogP contribution is 2.07. The van der Waals surface area contributed by atoms with E-state index in [-0.39, 0.29) is 12.4 Å². The van der Waals surface area contributed by atoms with E-state index in [2.05, 4.69) is 4.72 Å². The molecule has 0 heterocycles. The second kappa shape index (κ2) is 4.34. The number of halogens is 1. The lowest BCUT2D eigenvalue weighted by Gasteiger charge is -2.00. The molecule has 72 valence electrons. The third-order valence-corrected chi connectivity index (χ3v) is 1.93. The van der Waals surface area contributed by atoms with E-state index in [1.54, 1.807) is 13.0 Å². The summed E-state index contributed by atoms with van der Waals surface area (Å²) in [5, 5.41) is 0. The predicted molar refractivity (Wildman–Crippen MR) is 48.3 cm³/mol. The predicted octanol–water partition coefficient (Wildman–Crippen LogP) is 0.750. The van der Waals surface area contributed by atoms with Gasteiger partial charge in [-0.15, -0.1) is 0 Å². The number of aryl methyl sites for hydroxylation is 1. The zero-order valence-corrected chi connectivity index (χ0v) is 7.98. The van der Waals surface area contributed by atoms with Gasteiger partial charge in [0.25, 0.3) is 0 Å². The Morgan fingerprint density at radius 1 is 1.38 bits per heavy atom. The van der Waals surface area contributed by atoms with Crippen molar-refractivity contribution in [3.63, 3.8) is 0 Å². The molecule has 0 aromatic heterocycles. The van der Waals surface area contributed by atoms with Gasteiger partial charge >= 0.3 is 0 Å². The van der Waals surface area contributed by atoms with E-state index in [1.807, 2.05) is 0 Å². The summed E-state index contributed by atoms with van der Waals surface area (Å²) in [5.74, 6) is -0.349. The van der Waals surface area contributed by atoms with Crippen molar-refractivity contribution in [1.82, 2.24) is 4.72 Å². The van der Waals surface area contributed by atoms with Gasteiger partial charge in [-0.05, 0) is 30.2 Å². The molecule has 0 atom stereocenters. The van der Waals surface area contributed by atoms with E-state index in [9.17, 15) is 12.8 Å². The number of thiol groups is 1. The first-order valence-corrected chi connectivity index (χ1v) is 4.89. The number of benzene rings is 1. The SMILES string of the molecule is Cc1cc(F)cc(CN[SH](=O)=O)c1. The van der Waals surface area contributed by atoms with Crippen molar-refractivity contribution in [3.05, 3.63) is 35.1 Å². The Kier molecular flexibility index (Phi) is 3.39. The number of rotatable bonds is 3. The molecule has 0 aliphatic rings. The molecule has 0 saturated heterocycles. The maximum absolute atomic E-state index is 12.8. The van der Waals surface area contributed by atoms with Crippen molar-refractivity contribution in [2.24, 2.45) is 0 Å². The van der Waals surface area contributed by atoms with Crippen molar-refractivity contribution in [1.29, 1.82) is 0 Å². The highest BCUT2D eigenvalue weighted by molar-refractivity contribution is 7.70. The molecular weight excluding hydrogens is 193 g/mol. The summed E-state index contributed by atoms with van der Waals surface area (Å²) in [6, 6.07) is 4.43. The van der Waals surface area contributed by atoms with Gasteiger partial charge in [-0.3, -0.25) is 0 Å². The number of hydrogen-bond donors (Lipinski definition) is 2. The molecule has 0 bridgehead atoms. The quantitative estimate of drug-likeness (QED) is 0.712. The average molecular weight is 203 g/mol. The number of nitrogens with one attached hydrogen (secondary N) is 1. The molecule has 0 radical (unpaired) electrons. The van der Waals surface area contributed by atoms with Crippen LogP contribution in [-0.4, -0.2) is 8.42 Å². The molecule has 0 aliphatic heterocycles. The fourth-order valence-electron chi connectivity index (χ4n) is 1.07. The van der Waals surface area contributed by atoms with Crippen LogP contribution in [0, 0.1) is 12.7 Å². The van der Waals surface area contributed by atoms with Gasteiger partial charge in [0.1, 0.15) is 5.82 Å². The van der Waals surface area contributed by atoms with E-state index in [4.69, 9.17) is 0 Å². The Morgan fingerprint density at radius 2 is 2.08 bits per heavy atom. The third kappa shape index (κ3) is 3.52. The molecule has 0 unspecified atom stereocenters. The Balaban J connectivity index is 2.77. The highest BCUT2D eigenvalue weighted by atomic mass is 32.2. The Hall–Kier alpha value is -0.940. The van der Waals surface area contributed by atoms with Gasteiger partial charge in [0, 0.05) is 6.54 Å². The van der Waals surface area contributed by atoms with Gasteiger partial charge in [-0.25, -0.2) is 17.5 Å². The van der Waals surface area contributed by atoms with Crippen LogP contribution in [0.1, 0.15) is 11.1 Å². The second-order valence-corrected chi connectivity index (χ2v) is 3.56. The van der Waals surface area contributed by atoms with Crippen molar-refractivity contribution >= 4 is 10.9 Å². The molecule has 0 aliphatic carbocycles. The van der Waals surface area contributed by atoms with E-state index in [0.717, 1.165) is 5.56 Å². The van der Waals surface area contributed by atoms with Crippen molar-refractivity contribution < 1.29 is 12.8 Å². The monoisotopic (exact) mass is 203 g/mol. The summed E-state index contributed by atoms with van der Waals surface area (Å²) in [5.41, 5.74) is 1.40. The fraction of sp³-hybridized carbons (Fsp3) is 0.250. The minimum atomic E-state index is -2.62.